The highest BCUT2D eigenvalue weighted by Crippen LogP contribution is 2.14. The van der Waals surface area contributed by atoms with E-state index in [2.05, 4.69) is 51.6 Å². The van der Waals surface area contributed by atoms with Gasteiger partial charge in [0.15, 0.2) is 0 Å². The Morgan fingerprint density at radius 1 is 1.40 bits per heavy atom. The van der Waals surface area contributed by atoms with E-state index in [1.807, 2.05) is 12.1 Å². The highest BCUT2D eigenvalue weighted by Gasteiger charge is 2.28. The summed E-state index contributed by atoms with van der Waals surface area (Å²) < 4.78 is 5.96. The zero-order valence-corrected chi connectivity index (χ0v) is 14.6. The van der Waals surface area contributed by atoms with Crippen LogP contribution in [0.15, 0.2) is 42.6 Å². The molecule has 1 amide bonds. The minimum Gasteiger partial charge on any atom is -0.373 e. The first kappa shape index (κ1) is 17.6. The number of benzene rings is 1. The molecule has 1 aliphatic rings. The number of carbonyl (C=O) groups excluding carboxylic acids is 1. The second-order valence-electron chi connectivity index (χ2n) is 6.47. The van der Waals surface area contributed by atoms with Crippen LogP contribution in [0.4, 0.5) is 0 Å². The fourth-order valence-electron chi connectivity index (χ4n) is 3.23. The zero-order chi connectivity index (χ0) is 17.5. The molecule has 25 heavy (non-hydrogen) atoms. The molecule has 134 valence electrons. The van der Waals surface area contributed by atoms with Gasteiger partial charge in [-0.1, -0.05) is 37.3 Å². The van der Waals surface area contributed by atoms with Gasteiger partial charge in [0.2, 0.25) is 5.91 Å². The Kier molecular flexibility index (Phi) is 6.19. The number of hydrogen-bond donors (Lipinski definition) is 2. The lowest BCUT2D eigenvalue weighted by molar-refractivity contribution is -0.123. The van der Waals surface area contributed by atoms with Crippen molar-refractivity contribution >= 4 is 5.91 Å². The minimum atomic E-state index is -0.000108. The number of morpholine rings is 1. The molecule has 1 aromatic carbocycles. The maximum atomic E-state index is 12.3. The number of carbonyl (C=O) groups is 1. The molecule has 0 spiro atoms. The Hall–Kier alpha value is -2.18. The van der Waals surface area contributed by atoms with Crippen molar-refractivity contribution in [3.63, 3.8) is 0 Å². The van der Waals surface area contributed by atoms with E-state index in [0.29, 0.717) is 13.0 Å². The van der Waals surface area contributed by atoms with E-state index in [4.69, 9.17) is 4.74 Å². The molecule has 1 saturated heterocycles. The third kappa shape index (κ3) is 5.14. The van der Waals surface area contributed by atoms with Gasteiger partial charge in [-0.2, -0.15) is 5.10 Å². The number of amides is 1. The molecule has 0 bridgehead atoms. The molecule has 1 fully saturated rings. The van der Waals surface area contributed by atoms with Gasteiger partial charge in [0, 0.05) is 31.5 Å². The van der Waals surface area contributed by atoms with Crippen LogP contribution in [0, 0.1) is 0 Å². The molecule has 2 heterocycles. The smallest absolute Gasteiger partial charge is 0.226 e. The molecule has 0 aliphatic carbocycles. The fourth-order valence-corrected chi connectivity index (χ4v) is 3.23. The second-order valence-corrected chi connectivity index (χ2v) is 6.47. The lowest BCUT2D eigenvalue weighted by Crippen LogP contribution is -2.53. The third-order valence-corrected chi connectivity index (χ3v) is 4.57. The topological polar surface area (TPSA) is 70.2 Å². The standard InChI is InChI=1S/C19H26N4O2/c1-2-17(21-19(24)12-16-8-9-20-22-16)18-14-23(10-11-25-18)13-15-6-4-3-5-7-15/h3-9,17-18H,2,10-14H2,1H3,(H,20,22)(H,21,24)/t17-,18-/m1/s1. The Morgan fingerprint density at radius 2 is 2.24 bits per heavy atom. The van der Waals surface area contributed by atoms with Crippen molar-refractivity contribution in [2.75, 3.05) is 19.7 Å². The first-order chi connectivity index (χ1) is 12.2. The Bertz CT molecular complexity index is 645. The summed E-state index contributed by atoms with van der Waals surface area (Å²) in [6.07, 6.45) is 2.84. The summed E-state index contributed by atoms with van der Waals surface area (Å²) in [4.78, 5) is 14.7. The summed E-state index contributed by atoms with van der Waals surface area (Å²) in [6, 6.07) is 12.3. The number of rotatable bonds is 7. The van der Waals surface area contributed by atoms with Crippen molar-refractivity contribution in [1.82, 2.24) is 20.4 Å². The van der Waals surface area contributed by atoms with Crippen LogP contribution in [-0.4, -0.2) is 52.8 Å². The van der Waals surface area contributed by atoms with Crippen molar-refractivity contribution in [3.05, 3.63) is 53.9 Å². The molecule has 2 aromatic rings. The molecule has 0 radical (unpaired) electrons. The normalized spacial score (nSPS) is 19.5. The number of nitrogens with zero attached hydrogens (tertiary/aromatic N) is 2. The maximum absolute atomic E-state index is 12.3. The SMILES string of the molecule is CC[C@@H](NC(=O)Cc1ccn[nH]1)[C@H]1CN(Cc2ccccc2)CCO1. The fraction of sp³-hybridized carbons (Fsp3) is 0.474. The molecule has 0 unspecified atom stereocenters. The summed E-state index contributed by atoms with van der Waals surface area (Å²) >= 11 is 0. The van der Waals surface area contributed by atoms with Crippen molar-refractivity contribution in [3.8, 4) is 0 Å². The van der Waals surface area contributed by atoms with Crippen LogP contribution in [0.25, 0.3) is 0 Å². The Balaban J connectivity index is 1.53. The van der Waals surface area contributed by atoms with Crippen molar-refractivity contribution in [2.24, 2.45) is 0 Å². The minimum absolute atomic E-state index is 0.000108. The number of aromatic nitrogens is 2. The van der Waals surface area contributed by atoms with Crippen LogP contribution in [0.3, 0.4) is 0 Å². The van der Waals surface area contributed by atoms with E-state index in [-0.39, 0.29) is 18.1 Å². The van der Waals surface area contributed by atoms with Gasteiger partial charge in [-0.15, -0.1) is 0 Å². The monoisotopic (exact) mass is 342 g/mol. The van der Waals surface area contributed by atoms with Crippen LogP contribution < -0.4 is 5.32 Å². The van der Waals surface area contributed by atoms with Crippen LogP contribution >= 0.6 is 0 Å². The Morgan fingerprint density at radius 3 is 2.96 bits per heavy atom. The van der Waals surface area contributed by atoms with E-state index in [1.54, 1.807) is 6.20 Å². The zero-order valence-electron chi connectivity index (χ0n) is 14.6. The number of ether oxygens (including phenoxy) is 1. The molecule has 2 N–H and O–H groups in total. The maximum Gasteiger partial charge on any atom is 0.226 e. The predicted octanol–water partition coefficient (Wildman–Crippen LogP) is 1.75. The number of H-pyrrole nitrogens is 1. The van der Waals surface area contributed by atoms with Crippen LogP contribution in [-0.2, 0) is 22.5 Å². The van der Waals surface area contributed by atoms with Gasteiger partial charge < -0.3 is 10.1 Å². The van der Waals surface area contributed by atoms with E-state index >= 15 is 0 Å². The molecule has 6 heteroatoms. The highest BCUT2D eigenvalue weighted by molar-refractivity contribution is 5.78. The molecule has 1 aromatic heterocycles. The van der Waals surface area contributed by atoms with Gasteiger partial charge in [0.25, 0.3) is 0 Å². The average Bonchev–Trinajstić information content (AvgIpc) is 3.13. The quantitative estimate of drug-likeness (QED) is 0.804. The predicted molar refractivity (Wildman–Crippen MR) is 96.0 cm³/mol. The first-order valence-electron chi connectivity index (χ1n) is 8.90. The Labute approximate surface area is 148 Å². The lowest BCUT2D eigenvalue weighted by atomic mass is 10.1. The molecule has 0 saturated carbocycles. The summed E-state index contributed by atoms with van der Waals surface area (Å²) in [7, 11) is 0. The van der Waals surface area contributed by atoms with E-state index in [1.165, 1.54) is 5.56 Å². The average molecular weight is 342 g/mol. The highest BCUT2D eigenvalue weighted by atomic mass is 16.5. The van der Waals surface area contributed by atoms with Crippen molar-refractivity contribution in [2.45, 2.75) is 38.5 Å². The summed E-state index contributed by atoms with van der Waals surface area (Å²) in [5, 5.41) is 9.82. The second kappa shape index (κ2) is 8.78. The summed E-state index contributed by atoms with van der Waals surface area (Å²) in [6.45, 7) is 5.45. The van der Waals surface area contributed by atoms with Crippen LogP contribution in [0.2, 0.25) is 0 Å². The molecule has 2 atom stereocenters. The van der Waals surface area contributed by atoms with Gasteiger partial charge >= 0.3 is 0 Å². The van der Waals surface area contributed by atoms with E-state index < -0.39 is 0 Å². The third-order valence-electron chi connectivity index (χ3n) is 4.57. The molecular weight excluding hydrogens is 316 g/mol. The van der Waals surface area contributed by atoms with Gasteiger partial charge in [-0.25, -0.2) is 0 Å². The van der Waals surface area contributed by atoms with Gasteiger partial charge in [0.1, 0.15) is 0 Å². The molecule has 1 aliphatic heterocycles. The lowest BCUT2D eigenvalue weighted by Gasteiger charge is -2.37. The number of nitrogens with one attached hydrogen (secondary N) is 2. The largest absolute Gasteiger partial charge is 0.373 e. The van der Waals surface area contributed by atoms with E-state index in [9.17, 15) is 4.79 Å². The molecular formula is C19H26N4O2. The van der Waals surface area contributed by atoms with Gasteiger partial charge in [-0.3, -0.25) is 14.8 Å². The van der Waals surface area contributed by atoms with Crippen LogP contribution in [0.1, 0.15) is 24.6 Å². The van der Waals surface area contributed by atoms with E-state index in [0.717, 1.165) is 31.7 Å². The van der Waals surface area contributed by atoms with Gasteiger partial charge in [0.05, 0.1) is 25.2 Å². The van der Waals surface area contributed by atoms with Crippen molar-refractivity contribution in [1.29, 1.82) is 0 Å². The number of hydrogen-bond acceptors (Lipinski definition) is 4. The summed E-state index contributed by atoms with van der Waals surface area (Å²) in [5.74, 6) is -0.000108. The first-order valence-corrected chi connectivity index (χ1v) is 8.90. The van der Waals surface area contributed by atoms with Gasteiger partial charge in [-0.05, 0) is 18.1 Å². The number of aromatic amines is 1. The van der Waals surface area contributed by atoms with Crippen molar-refractivity contribution < 1.29 is 9.53 Å². The van der Waals surface area contributed by atoms with Crippen LogP contribution in [0.5, 0.6) is 0 Å². The molecule has 6 nitrogen and oxygen atoms in total. The summed E-state index contributed by atoms with van der Waals surface area (Å²) in [5.41, 5.74) is 2.13. The molecule has 3 rings (SSSR count).